The highest BCUT2D eigenvalue weighted by molar-refractivity contribution is 4.98. The van der Waals surface area contributed by atoms with Crippen molar-refractivity contribution in [3.05, 3.63) is 12.4 Å². The van der Waals surface area contributed by atoms with Crippen LogP contribution >= 0.6 is 0 Å². The van der Waals surface area contributed by atoms with Gasteiger partial charge in [-0.1, -0.05) is 163 Å². The van der Waals surface area contributed by atoms with Crippen molar-refractivity contribution in [2.75, 3.05) is 13.1 Å². The van der Waals surface area contributed by atoms with Crippen LogP contribution in [0.15, 0.2) is 12.4 Å². The third kappa shape index (κ3) is 17.4. The maximum absolute atomic E-state index is 2.64. The molecule has 0 fully saturated rings. The van der Waals surface area contributed by atoms with Crippen LogP contribution in [0.3, 0.4) is 0 Å². The molecule has 0 N–H and O–H groups in total. The molecule has 1 aliphatic rings. The minimum Gasteiger partial charge on any atom is -0.356 e. The van der Waals surface area contributed by atoms with E-state index in [-0.39, 0.29) is 0 Å². The maximum Gasteiger partial charge on any atom is 0.103 e. The fourth-order valence-corrected chi connectivity index (χ4v) is 5.81. The topological polar surface area (TPSA) is 6.48 Å². The number of hydrogen-bond donors (Lipinski definition) is 0. The van der Waals surface area contributed by atoms with Crippen LogP contribution in [0.4, 0.5) is 0 Å². The van der Waals surface area contributed by atoms with Crippen molar-refractivity contribution in [2.24, 2.45) is 5.92 Å². The van der Waals surface area contributed by atoms with Crippen molar-refractivity contribution in [2.45, 2.75) is 182 Å². The highest BCUT2D eigenvalue weighted by atomic mass is 15.4. The number of unbranched alkanes of at least 4 members (excludes halogenated alkanes) is 21. The zero-order chi connectivity index (χ0) is 25.4. The van der Waals surface area contributed by atoms with E-state index in [2.05, 4.69) is 49.9 Å². The van der Waals surface area contributed by atoms with Gasteiger partial charge in [0.2, 0.25) is 0 Å². The second-order valence-corrected chi connectivity index (χ2v) is 11.9. The minimum absolute atomic E-state index is 0.589. The zero-order valence-corrected chi connectivity index (χ0v) is 24.9. The quantitative estimate of drug-likeness (QED) is 0.111. The fraction of sp³-hybridized carbons (Fsp3) is 0.939. The van der Waals surface area contributed by atoms with Crippen molar-refractivity contribution < 1.29 is 0 Å². The molecule has 0 aromatic carbocycles. The van der Waals surface area contributed by atoms with Gasteiger partial charge in [-0.15, -0.1) is 0 Å². The van der Waals surface area contributed by atoms with Gasteiger partial charge in [-0.3, -0.25) is 0 Å². The number of hydrogen-bond acceptors (Lipinski definition) is 2. The van der Waals surface area contributed by atoms with Crippen LogP contribution in [0.2, 0.25) is 0 Å². The maximum atomic E-state index is 2.64. The first-order valence-electron chi connectivity index (χ1n) is 16.4. The molecule has 1 unspecified atom stereocenters. The number of rotatable bonds is 26. The minimum atomic E-state index is 0.589. The summed E-state index contributed by atoms with van der Waals surface area (Å²) in [6.45, 7) is 11.9. The van der Waals surface area contributed by atoms with E-state index in [1.54, 1.807) is 0 Å². The SMILES string of the molecule is CCCCCCCCCCCCCCCN1C=CN(CCCCCCCCCCCC)C1C(C)C. The van der Waals surface area contributed by atoms with Crippen LogP contribution < -0.4 is 0 Å². The van der Waals surface area contributed by atoms with Crippen molar-refractivity contribution >= 4 is 0 Å². The highest BCUT2D eigenvalue weighted by Crippen LogP contribution is 2.24. The molecular formula is C33H66N2. The Kier molecular flexibility index (Phi) is 21.9. The van der Waals surface area contributed by atoms with Crippen molar-refractivity contribution in [1.29, 1.82) is 0 Å². The second-order valence-electron chi connectivity index (χ2n) is 11.9. The first-order chi connectivity index (χ1) is 17.2. The van der Waals surface area contributed by atoms with Crippen LogP contribution in [0.5, 0.6) is 0 Å². The molecule has 1 rings (SSSR count). The van der Waals surface area contributed by atoms with Gasteiger partial charge in [-0.2, -0.15) is 0 Å². The third-order valence-electron chi connectivity index (χ3n) is 8.02. The molecule has 208 valence electrons. The van der Waals surface area contributed by atoms with Crippen molar-refractivity contribution in [1.82, 2.24) is 9.80 Å². The van der Waals surface area contributed by atoms with E-state index in [1.165, 1.54) is 161 Å². The molecule has 0 bridgehead atoms. The van der Waals surface area contributed by atoms with Gasteiger partial charge >= 0.3 is 0 Å². The first kappa shape index (κ1) is 32.4. The Balaban J connectivity index is 2.00. The molecule has 0 aliphatic carbocycles. The molecule has 0 amide bonds. The van der Waals surface area contributed by atoms with Crippen LogP contribution in [0, 0.1) is 5.92 Å². The van der Waals surface area contributed by atoms with Gasteiger partial charge in [0.15, 0.2) is 0 Å². The summed E-state index contributed by atoms with van der Waals surface area (Å²) in [5, 5.41) is 0. The fourth-order valence-electron chi connectivity index (χ4n) is 5.81. The largest absolute Gasteiger partial charge is 0.356 e. The Labute approximate surface area is 222 Å². The molecule has 0 saturated heterocycles. The van der Waals surface area contributed by atoms with Crippen molar-refractivity contribution in [3.63, 3.8) is 0 Å². The molecule has 0 aromatic heterocycles. The predicted octanol–water partition coefficient (Wildman–Crippen LogP) is 11.1. The smallest absolute Gasteiger partial charge is 0.103 e. The summed E-state index contributed by atoms with van der Waals surface area (Å²) < 4.78 is 0. The van der Waals surface area contributed by atoms with E-state index in [9.17, 15) is 0 Å². The molecule has 2 heteroatoms. The van der Waals surface area contributed by atoms with E-state index in [0.717, 1.165) is 0 Å². The van der Waals surface area contributed by atoms with E-state index in [0.29, 0.717) is 12.1 Å². The molecule has 35 heavy (non-hydrogen) atoms. The standard InChI is InChI=1S/C33H66N2/c1-5-7-9-11-13-15-17-18-19-21-23-25-27-29-35-31-30-34(33(35)32(3)4)28-26-24-22-20-16-14-12-10-8-6-2/h30-33H,5-29H2,1-4H3. The lowest BCUT2D eigenvalue weighted by atomic mass is 10.0. The van der Waals surface area contributed by atoms with E-state index < -0.39 is 0 Å². The van der Waals surface area contributed by atoms with Gasteiger partial charge < -0.3 is 9.80 Å². The van der Waals surface area contributed by atoms with Gasteiger partial charge in [0, 0.05) is 25.5 Å². The van der Waals surface area contributed by atoms with Crippen LogP contribution in [0.1, 0.15) is 175 Å². The Morgan fingerprint density at radius 3 is 0.943 bits per heavy atom. The molecule has 2 nitrogen and oxygen atoms in total. The normalized spacial score (nSPS) is 15.7. The van der Waals surface area contributed by atoms with Crippen LogP contribution in [-0.2, 0) is 0 Å². The Bertz CT molecular complexity index is 458. The summed E-state index contributed by atoms with van der Waals surface area (Å²) in [5.41, 5.74) is 0. The van der Waals surface area contributed by atoms with Crippen molar-refractivity contribution in [3.8, 4) is 0 Å². The lowest BCUT2D eigenvalue weighted by Crippen LogP contribution is -2.43. The average molecular weight is 491 g/mol. The zero-order valence-electron chi connectivity index (χ0n) is 24.9. The summed E-state index contributed by atoms with van der Waals surface area (Å²) in [7, 11) is 0. The monoisotopic (exact) mass is 491 g/mol. The molecule has 0 saturated carbocycles. The molecular weight excluding hydrogens is 424 g/mol. The Morgan fingerprint density at radius 2 is 0.686 bits per heavy atom. The summed E-state index contributed by atoms with van der Waals surface area (Å²) in [4.78, 5) is 5.27. The van der Waals surface area contributed by atoms with Gasteiger partial charge in [0.1, 0.15) is 6.17 Å². The highest BCUT2D eigenvalue weighted by Gasteiger charge is 2.28. The van der Waals surface area contributed by atoms with Crippen LogP contribution in [-0.4, -0.2) is 29.1 Å². The molecule has 1 aliphatic heterocycles. The lowest BCUT2D eigenvalue weighted by molar-refractivity contribution is 0.104. The van der Waals surface area contributed by atoms with Gasteiger partial charge in [-0.25, -0.2) is 0 Å². The molecule has 0 radical (unpaired) electrons. The van der Waals surface area contributed by atoms with Gasteiger partial charge in [0.05, 0.1) is 0 Å². The summed E-state index contributed by atoms with van der Waals surface area (Å²) in [5.74, 6) is 0.690. The summed E-state index contributed by atoms with van der Waals surface area (Å²) in [6.07, 6.45) is 38.3. The Hall–Kier alpha value is -0.660. The molecule has 0 aromatic rings. The lowest BCUT2D eigenvalue weighted by Gasteiger charge is -2.36. The molecule has 1 atom stereocenters. The van der Waals surface area contributed by atoms with Crippen LogP contribution in [0.25, 0.3) is 0 Å². The molecule has 1 heterocycles. The second kappa shape index (κ2) is 23.7. The van der Waals surface area contributed by atoms with Gasteiger partial charge in [-0.05, 0) is 18.8 Å². The van der Waals surface area contributed by atoms with Gasteiger partial charge in [0.25, 0.3) is 0 Å². The third-order valence-corrected chi connectivity index (χ3v) is 8.02. The van der Waals surface area contributed by atoms with E-state index in [1.807, 2.05) is 0 Å². The predicted molar refractivity (Wildman–Crippen MR) is 159 cm³/mol. The van der Waals surface area contributed by atoms with E-state index >= 15 is 0 Å². The summed E-state index contributed by atoms with van der Waals surface area (Å²) in [6, 6.07) is 0. The number of nitrogens with zero attached hydrogens (tertiary/aromatic N) is 2. The molecule has 0 spiro atoms. The first-order valence-corrected chi connectivity index (χ1v) is 16.4. The summed E-state index contributed by atoms with van der Waals surface area (Å²) >= 11 is 0. The van der Waals surface area contributed by atoms with E-state index in [4.69, 9.17) is 0 Å². The average Bonchev–Trinajstić information content (AvgIpc) is 3.26. The Morgan fingerprint density at radius 1 is 0.429 bits per heavy atom.